The van der Waals surface area contributed by atoms with Crippen LogP contribution in [0.5, 0.6) is 0 Å². The lowest BCUT2D eigenvalue weighted by atomic mass is 10.0. The average Bonchev–Trinajstić information content (AvgIpc) is 2.79. The fraction of sp³-hybridized carbons (Fsp3) is 0.167. The van der Waals surface area contributed by atoms with Gasteiger partial charge in [0.05, 0.1) is 4.90 Å². The molecule has 0 saturated heterocycles. The smallest absolute Gasteiger partial charge is 0.261 e. The van der Waals surface area contributed by atoms with E-state index in [0.29, 0.717) is 40.6 Å². The number of hydrogen-bond acceptors (Lipinski definition) is 4. The normalized spacial score (nSPS) is 13.2. The summed E-state index contributed by atoms with van der Waals surface area (Å²) in [6, 6.07) is 17.9. The molecule has 33 heavy (non-hydrogen) atoms. The Hall–Kier alpha value is -3.36. The molecule has 0 saturated carbocycles. The Morgan fingerprint density at radius 2 is 1.61 bits per heavy atom. The third-order valence-corrected chi connectivity index (χ3v) is 6.90. The van der Waals surface area contributed by atoms with Gasteiger partial charge < -0.3 is 10.2 Å². The van der Waals surface area contributed by atoms with Gasteiger partial charge in [0.1, 0.15) is 0 Å². The Bertz CT molecular complexity index is 1310. The number of rotatable bonds is 5. The second kappa shape index (κ2) is 9.25. The highest BCUT2D eigenvalue weighted by Crippen LogP contribution is 2.31. The SMILES string of the molecule is CC(=O)Nc1ccc(NS(=O)(=O)c2ccc3c(c2)CCCN3C(=O)c2ccc(Cl)cc2)cc1. The molecule has 0 aliphatic carbocycles. The van der Waals surface area contributed by atoms with Crippen molar-refractivity contribution in [3.63, 3.8) is 0 Å². The quantitative estimate of drug-likeness (QED) is 0.550. The van der Waals surface area contributed by atoms with Gasteiger partial charge in [-0.05, 0) is 85.1 Å². The van der Waals surface area contributed by atoms with Crippen molar-refractivity contribution < 1.29 is 18.0 Å². The van der Waals surface area contributed by atoms with Crippen LogP contribution in [-0.4, -0.2) is 26.8 Å². The molecule has 7 nitrogen and oxygen atoms in total. The lowest BCUT2D eigenvalue weighted by Gasteiger charge is -2.30. The molecule has 170 valence electrons. The van der Waals surface area contributed by atoms with E-state index in [1.807, 2.05) is 0 Å². The number of carbonyl (C=O) groups excluding carboxylic acids is 2. The summed E-state index contributed by atoms with van der Waals surface area (Å²) >= 11 is 5.92. The first kappa shape index (κ1) is 22.8. The summed E-state index contributed by atoms with van der Waals surface area (Å²) in [4.78, 5) is 25.9. The second-order valence-electron chi connectivity index (χ2n) is 7.72. The fourth-order valence-electron chi connectivity index (χ4n) is 3.74. The Morgan fingerprint density at radius 3 is 2.27 bits per heavy atom. The highest BCUT2D eigenvalue weighted by molar-refractivity contribution is 7.92. The first-order valence-corrected chi connectivity index (χ1v) is 12.2. The molecule has 0 fully saturated rings. The minimum atomic E-state index is -3.83. The lowest BCUT2D eigenvalue weighted by Crippen LogP contribution is -2.35. The van der Waals surface area contributed by atoms with Crippen molar-refractivity contribution in [2.24, 2.45) is 0 Å². The number of carbonyl (C=O) groups is 2. The number of benzene rings is 3. The Balaban J connectivity index is 1.56. The van der Waals surface area contributed by atoms with Crippen LogP contribution in [0.15, 0.2) is 71.6 Å². The highest BCUT2D eigenvalue weighted by Gasteiger charge is 2.25. The summed E-state index contributed by atoms with van der Waals surface area (Å²) in [7, 11) is -3.83. The van der Waals surface area contributed by atoms with Crippen LogP contribution in [0.3, 0.4) is 0 Å². The van der Waals surface area contributed by atoms with E-state index in [0.717, 1.165) is 12.0 Å². The van der Waals surface area contributed by atoms with Crippen LogP contribution in [0.1, 0.15) is 29.3 Å². The summed E-state index contributed by atoms with van der Waals surface area (Å²) in [5, 5.41) is 3.19. The van der Waals surface area contributed by atoms with E-state index in [1.165, 1.54) is 13.0 Å². The lowest BCUT2D eigenvalue weighted by molar-refractivity contribution is -0.114. The topological polar surface area (TPSA) is 95.6 Å². The Kier molecular flexibility index (Phi) is 6.40. The molecule has 0 atom stereocenters. The molecule has 0 spiro atoms. The Labute approximate surface area is 197 Å². The summed E-state index contributed by atoms with van der Waals surface area (Å²) < 4.78 is 28.4. The predicted octanol–water partition coefficient (Wildman–Crippen LogP) is 4.69. The van der Waals surface area contributed by atoms with E-state index in [9.17, 15) is 18.0 Å². The molecule has 0 unspecified atom stereocenters. The van der Waals surface area contributed by atoms with Gasteiger partial charge in [-0.1, -0.05) is 11.6 Å². The van der Waals surface area contributed by atoms with Crippen molar-refractivity contribution in [2.45, 2.75) is 24.7 Å². The molecule has 3 aromatic carbocycles. The molecule has 0 aromatic heterocycles. The zero-order chi connectivity index (χ0) is 23.6. The van der Waals surface area contributed by atoms with Gasteiger partial charge in [0, 0.05) is 41.1 Å². The molecule has 0 radical (unpaired) electrons. The first-order chi connectivity index (χ1) is 15.7. The van der Waals surface area contributed by atoms with E-state index in [1.54, 1.807) is 65.6 Å². The Morgan fingerprint density at radius 1 is 0.939 bits per heavy atom. The van der Waals surface area contributed by atoms with Gasteiger partial charge in [-0.2, -0.15) is 0 Å². The van der Waals surface area contributed by atoms with Gasteiger partial charge in [0.2, 0.25) is 5.91 Å². The molecule has 3 aromatic rings. The summed E-state index contributed by atoms with van der Waals surface area (Å²) in [6.07, 6.45) is 1.41. The fourth-order valence-corrected chi connectivity index (χ4v) is 4.97. The maximum Gasteiger partial charge on any atom is 0.261 e. The maximum atomic E-state index is 13.0. The third-order valence-electron chi connectivity index (χ3n) is 5.27. The highest BCUT2D eigenvalue weighted by atomic mass is 35.5. The van der Waals surface area contributed by atoms with Crippen LogP contribution in [-0.2, 0) is 21.2 Å². The van der Waals surface area contributed by atoms with Gasteiger partial charge in [-0.15, -0.1) is 0 Å². The van der Waals surface area contributed by atoms with Crippen LogP contribution in [0.25, 0.3) is 0 Å². The van der Waals surface area contributed by atoms with Crippen LogP contribution < -0.4 is 14.9 Å². The largest absolute Gasteiger partial charge is 0.326 e. The molecule has 1 heterocycles. The van der Waals surface area contributed by atoms with Crippen molar-refractivity contribution in [1.29, 1.82) is 0 Å². The molecular formula is C24H22ClN3O4S. The van der Waals surface area contributed by atoms with E-state index < -0.39 is 10.0 Å². The van der Waals surface area contributed by atoms with Gasteiger partial charge in [0.15, 0.2) is 0 Å². The molecule has 2 N–H and O–H groups in total. The van der Waals surface area contributed by atoms with Crippen molar-refractivity contribution in [2.75, 3.05) is 21.5 Å². The first-order valence-electron chi connectivity index (χ1n) is 10.3. The van der Waals surface area contributed by atoms with Crippen molar-refractivity contribution >= 4 is 50.5 Å². The predicted molar refractivity (Wildman–Crippen MR) is 129 cm³/mol. The number of nitrogens with one attached hydrogen (secondary N) is 2. The number of fused-ring (bicyclic) bond motifs is 1. The number of halogens is 1. The number of aryl methyl sites for hydroxylation is 1. The number of anilines is 3. The minimum absolute atomic E-state index is 0.118. The number of nitrogens with zero attached hydrogens (tertiary/aromatic N) is 1. The van der Waals surface area contributed by atoms with E-state index in [4.69, 9.17) is 11.6 Å². The van der Waals surface area contributed by atoms with Crippen LogP contribution in [0.2, 0.25) is 5.02 Å². The minimum Gasteiger partial charge on any atom is -0.326 e. The summed E-state index contributed by atoms with van der Waals surface area (Å²) in [6.45, 7) is 1.95. The van der Waals surface area contributed by atoms with Gasteiger partial charge >= 0.3 is 0 Å². The molecule has 2 amide bonds. The van der Waals surface area contributed by atoms with E-state index in [-0.39, 0.29) is 16.7 Å². The van der Waals surface area contributed by atoms with Crippen molar-refractivity contribution in [1.82, 2.24) is 0 Å². The van der Waals surface area contributed by atoms with Gasteiger partial charge in [0.25, 0.3) is 15.9 Å². The zero-order valence-corrected chi connectivity index (χ0v) is 19.4. The maximum absolute atomic E-state index is 13.0. The van der Waals surface area contributed by atoms with Crippen LogP contribution >= 0.6 is 11.6 Å². The number of sulfonamides is 1. The standard InChI is InChI=1S/C24H22ClN3O4S/c1-16(29)26-20-8-10-21(11-9-20)27-33(31,32)22-12-13-23-18(15-22)3-2-14-28(23)24(30)17-4-6-19(25)7-5-17/h4-13,15,27H,2-3,14H2,1H3,(H,26,29). The van der Waals surface area contributed by atoms with E-state index in [2.05, 4.69) is 10.0 Å². The second-order valence-corrected chi connectivity index (χ2v) is 9.84. The van der Waals surface area contributed by atoms with Crippen molar-refractivity contribution in [3.05, 3.63) is 82.9 Å². The molecule has 9 heteroatoms. The number of amides is 2. The van der Waals surface area contributed by atoms with Crippen LogP contribution in [0, 0.1) is 0 Å². The zero-order valence-electron chi connectivity index (χ0n) is 17.8. The summed E-state index contributed by atoms with van der Waals surface area (Å²) in [5.74, 6) is -0.360. The number of hydrogen-bond donors (Lipinski definition) is 2. The molecular weight excluding hydrogens is 462 g/mol. The third kappa shape index (κ3) is 5.18. The van der Waals surface area contributed by atoms with E-state index >= 15 is 0 Å². The van der Waals surface area contributed by atoms with Crippen LogP contribution in [0.4, 0.5) is 17.1 Å². The molecule has 0 bridgehead atoms. The molecule has 4 rings (SSSR count). The van der Waals surface area contributed by atoms with Crippen molar-refractivity contribution in [3.8, 4) is 0 Å². The summed E-state index contributed by atoms with van der Waals surface area (Å²) in [5.41, 5.74) is 2.98. The molecule has 1 aliphatic rings. The van der Waals surface area contributed by atoms with Gasteiger partial charge in [-0.3, -0.25) is 14.3 Å². The van der Waals surface area contributed by atoms with Gasteiger partial charge in [-0.25, -0.2) is 8.42 Å². The monoisotopic (exact) mass is 483 g/mol. The molecule has 1 aliphatic heterocycles. The average molecular weight is 484 g/mol.